The predicted molar refractivity (Wildman–Crippen MR) is 95.4 cm³/mol. The molecule has 0 N–H and O–H groups in total. The van der Waals surface area contributed by atoms with Gasteiger partial charge in [0.1, 0.15) is 5.02 Å². The van der Waals surface area contributed by atoms with Crippen molar-refractivity contribution in [3.05, 3.63) is 45.5 Å². The minimum atomic E-state index is -4.49. The highest BCUT2D eigenvalue weighted by Gasteiger charge is 2.37. The molecule has 0 aromatic carbocycles. The Bertz CT molecular complexity index is 897. The van der Waals surface area contributed by atoms with Crippen LogP contribution in [0.3, 0.4) is 0 Å². The average Bonchev–Trinajstić information content (AvgIpc) is 3.07. The highest BCUT2D eigenvalue weighted by Crippen LogP contribution is 2.40. The first-order chi connectivity index (χ1) is 12.9. The topological polar surface area (TPSA) is 51.0 Å². The molecule has 2 atom stereocenters. The maximum atomic E-state index is 12.7. The van der Waals surface area contributed by atoms with Crippen LogP contribution in [0.5, 0.6) is 0 Å². The number of hydrogen-bond acceptors (Lipinski definition) is 4. The molecule has 2 aliphatic rings. The third-order valence-corrected chi connectivity index (χ3v) is 5.87. The standard InChI is InChI=1S/C18H18ClF3N4O/c19-16-14(25-8-7-11-3-1-2-4-13(11)25)10-24-26(17(16)27)15-6-5-12(9-23-15)18(20,21)22/h5-6,9-11,13H,1-4,7-8H2/t11-,13-/m1/s1. The molecular weight excluding hydrogens is 381 g/mol. The smallest absolute Gasteiger partial charge is 0.366 e. The van der Waals surface area contributed by atoms with E-state index in [1.807, 2.05) is 0 Å². The number of fused-ring (bicyclic) bond motifs is 1. The molecule has 0 amide bonds. The molecule has 0 spiro atoms. The first-order valence-electron chi connectivity index (χ1n) is 8.94. The van der Waals surface area contributed by atoms with Crippen molar-refractivity contribution < 1.29 is 13.2 Å². The summed E-state index contributed by atoms with van der Waals surface area (Å²) in [6.45, 7) is 0.832. The summed E-state index contributed by atoms with van der Waals surface area (Å²) in [7, 11) is 0. The van der Waals surface area contributed by atoms with Gasteiger partial charge >= 0.3 is 6.18 Å². The Morgan fingerprint density at radius 1 is 1.11 bits per heavy atom. The summed E-state index contributed by atoms with van der Waals surface area (Å²) in [6.07, 6.45) is 3.45. The Kier molecular flexibility index (Phi) is 4.61. The zero-order valence-corrected chi connectivity index (χ0v) is 15.2. The fourth-order valence-corrected chi connectivity index (χ4v) is 4.41. The third-order valence-electron chi connectivity index (χ3n) is 5.51. The largest absolute Gasteiger partial charge is 0.417 e. The van der Waals surface area contributed by atoms with Crippen LogP contribution in [0, 0.1) is 5.92 Å². The van der Waals surface area contributed by atoms with Crippen LogP contribution < -0.4 is 10.5 Å². The summed E-state index contributed by atoms with van der Waals surface area (Å²) in [6, 6.07) is 2.35. The van der Waals surface area contributed by atoms with Crippen LogP contribution in [0.15, 0.2) is 29.3 Å². The second kappa shape index (κ2) is 6.82. The molecule has 0 bridgehead atoms. The van der Waals surface area contributed by atoms with Gasteiger partial charge in [-0.3, -0.25) is 4.79 Å². The first kappa shape index (κ1) is 18.3. The first-order valence-corrected chi connectivity index (χ1v) is 9.32. The van der Waals surface area contributed by atoms with Gasteiger partial charge in [-0.1, -0.05) is 24.4 Å². The maximum absolute atomic E-state index is 12.7. The molecule has 1 aliphatic carbocycles. The predicted octanol–water partition coefficient (Wildman–Crippen LogP) is 4.07. The maximum Gasteiger partial charge on any atom is 0.417 e. The van der Waals surface area contributed by atoms with E-state index in [2.05, 4.69) is 15.0 Å². The minimum Gasteiger partial charge on any atom is -0.366 e. The monoisotopic (exact) mass is 398 g/mol. The van der Waals surface area contributed by atoms with Crippen molar-refractivity contribution in [3.8, 4) is 5.82 Å². The Labute approximate surface area is 158 Å². The highest BCUT2D eigenvalue weighted by atomic mass is 35.5. The van der Waals surface area contributed by atoms with E-state index in [1.165, 1.54) is 19.0 Å². The summed E-state index contributed by atoms with van der Waals surface area (Å²) < 4.78 is 39.0. The van der Waals surface area contributed by atoms with Gasteiger partial charge in [-0.2, -0.15) is 23.0 Å². The van der Waals surface area contributed by atoms with E-state index < -0.39 is 17.3 Å². The van der Waals surface area contributed by atoms with Crippen molar-refractivity contribution in [2.24, 2.45) is 5.92 Å². The van der Waals surface area contributed by atoms with Gasteiger partial charge in [-0.25, -0.2) is 4.98 Å². The molecule has 1 saturated heterocycles. The number of anilines is 1. The quantitative estimate of drug-likeness (QED) is 0.765. The second-order valence-corrected chi connectivity index (χ2v) is 7.44. The van der Waals surface area contributed by atoms with E-state index in [1.54, 1.807) is 0 Å². The number of halogens is 4. The SMILES string of the molecule is O=c1c(Cl)c(N2CC[C@H]3CCCC[C@H]32)cnn1-c1ccc(C(F)(F)F)cn1. The molecule has 2 fully saturated rings. The zero-order valence-electron chi connectivity index (χ0n) is 14.4. The summed E-state index contributed by atoms with van der Waals surface area (Å²) in [5.74, 6) is 0.618. The van der Waals surface area contributed by atoms with Crippen LogP contribution in [-0.4, -0.2) is 27.4 Å². The Morgan fingerprint density at radius 3 is 2.59 bits per heavy atom. The molecular formula is C18H18ClF3N4O. The van der Waals surface area contributed by atoms with E-state index in [0.717, 1.165) is 42.6 Å². The zero-order chi connectivity index (χ0) is 19.2. The van der Waals surface area contributed by atoms with E-state index in [9.17, 15) is 18.0 Å². The van der Waals surface area contributed by atoms with Crippen molar-refractivity contribution in [1.29, 1.82) is 0 Å². The van der Waals surface area contributed by atoms with Gasteiger partial charge in [0.05, 0.1) is 17.4 Å². The molecule has 27 heavy (non-hydrogen) atoms. The average molecular weight is 399 g/mol. The molecule has 4 rings (SSSR count). The molecule has 3 heterocycles. The van der Waals surface area contributed by atoms with Gasteiger partial charge in [0.2, 0.25) is 0 Å². The number of alkyl halides is 3. The molecule has 0 unspecified atom stereocenters. The molecule has 1 saturated carbocycles. The van der Waals surface area contributed by atoms with Crippen LogP contribution in [0.2, 0.25) is 5.02 Å². The lowest BCUT2D eigenvalue weighted by molar-refractivity contribution is -0.137. The molecule has 144 valence electrons. The van der Waals surface area contributed by atoms with Crippen LogP contribution in [0.4, 0.5) is 18.9 Å². The van der Waals surface area contributed by atoms with Crippen LogP contribution in [-0.2, 0) is 6.18 Å². The van der Waals surface area contributed by atoms with Gasteiger partial charge in [0.15, 0.2) is 5.82 Å². The molecule has 2 aromatic heterocycles. The number of aromatic nitrogens is 3. The second-order valence-electron chi connectivity index (χ2n) is 7.06. The van der Waals surface area contributed by atoms with Crippen molar-refractivity contribution >= 4 is 17.3 Å². The van der Waals surface area contributed by atoms with E-state index >= 15 is 0 Å². The van der Waals surface area contributed by atoms with Gasteiger partial charge in [-0.15, -0.1) is 0 Å². The van der Waals surface area contributed by atoms with E-state index in [0.29, 0.717) is 23.8 Å². The van der Waals surface area contributed by atoms with Crippen LogP contribution in [0.1, 0.15) is 37.7 Å². The summed E-state index contributed by atoms with van der Waals surface area (Å²) in [5, 5.41) is 4.14. The highest BCUT2D eigenvalue weighted by molar-refractivity contribution is 6.33. The van der Waals surface area contributed by atoms with Crippen molar-refractivity contribution in [3.63, 3.8) is 0 Å². The number of nitrogens with zero attached hydrogens (tertiary/aromatic N) is 4. The molecule has 2 aromatic rings. The molecule has 1 aliphatic heterocycles. The number of hydrogen-bond donors (Lipinski definition) is 0. The number of rotatable bonds is 2. The lowest BCUT2D eigenvalue weighted by atomic mass is 9.85. The lowest BCUT2D eigenvalue weighted by Crippen LogP contribution is -2.36. The Morgan fingerprint density at radius 2 is 1.89 bits per heavy atom. The summed E-state index contributed by atoms with van der Waals surface area (Å²) >= 11 is 6.34. The van der Waals surface area contributed by atoms with Gasteiger partial charge in [-0.05, 0) is 37.3 Å². The fourth-order valence-electron chi connectivity index (χ4n) is 4.17. The minimum absolute atomic E-state index is 0.00147. The van der Waals surface area contributed by atoms with E-state index in [4.69, 9.17) is 11.6 Å². The molecule has 5 nitrogen and oxygen atoms in total. The normalized spacial score (nSPS) is 22.7. The Hall–Kier alpha value is -2.09. The Balaban J connectivity index is 1.66. The van der Waals surface area contributed by atoms with Crippen LogP contribution in [0.25, 0.3) is 5.82 Å². The molecule has 0 radical (unpaired) electrons. The number of pyridine rings is 1. The van der Waals surface area contributed by atoms with Crippen molar-refractivity contribution in [2.45, 2.75) is 44.3 Å². The fraction of sp³-hybridized carbons (Fsp3) is 0.500. The van der Waals surface area contributed by atoms with Gasteiger partial charge in [0, 0.05) is 18.8 Å². The summed E-state index contributed by atoms with van der Waals surface area (Å²) in [4.78, 5) is 18.5. The van der Waals surface area contributed by atoms with Crippen molar-refractivity contribution in [2.75, 3.05) is 11.4 Å². The van der Waals surface area contributed by atoms with E-state index in [-0.39, 0.29) is 10.8 Å². The summed E-state index contributed by atoms with van der Waals surface area (Å²) in [5.41, 5.74) is -0.873. The molecule has 9 heteroatoms. The van der Waals surface area contributed by atoms with Gasteiger partial charge < -0.3 is 4.90 Å². The third kappa shape index (κ3) is 3.31. The van der Waals surface area contributed by atoms with Crippen molar-refractivity contribution in [1.82, 2.24) is 14.8 Å². The van der Waals surface area contributed by atoms with Crippen LogP contribution >= 0.6 is 11.6 Å². The lowest BCUT2D eigenvalue weighted by Gasteiger charge is -2.33. The van der Waals surface area contributed by atoms with Gasteiger partial charge in [0.25, 0.3) is 5.56 Å².